The largest absolute Gasteiger partial charge is 0.355 e. The van der Waals surface area contributed by atoms with E-state index in [-0.39, 0.29) is 17.7 Å². The highest BCUT2D eigenvalue weighted by molar-refractivity contribution is 5.85. The van der Waals surface area contributed by atoms with Gasteiger partial charge in [0.25, 0.3) is 0 Å². The Morgan fingerprint density at radius 1 is 0.652 bits per heavy atom. The Balaban J connectivity index is 0.874. The smallest absolute Gasteiger partial charge is 0.123 e. The lowest BCUT2D eigenvalue weighted by Crippen LogP contribution is -2.58. The zero-order valence-electron chi connectivity index (χ0n) is 25.7. The first kappa shape index (κ1) is 28.9. The third-order valence-corrected chi connectivity index (χ3v) is 9.99. The van der Waals surface area contributed by atoms with Crippen molar-refractivity contribution in [1.29, 1.82) is 0 Å². The monoisotopic (exact) mass is 613 g/mol. The molecule has 3 aliphatic rings. The van der Waals surface area contributed by atoms with Gasteiger partial charge in [-0.15, -0.1) is 0 Å². The fourth-order valence-electron chi connectivity index (χ4n) is 7.29. The van der Waals surface area contributed by atoms with Crippen LogP contribution in [0.15, 0.2) is 122 Å². The van der Waals surface area contributed by atoms with Crippen LogP contribution < -0.4 is 4.90 Å². The van der Waals surface area contributed by atoms with Gasteiger partial charge in [-0.3, -0.25) is 9.80 Å². The van der Waals surface area contributed by atoms with Crippen molar-refractivity contribution in [1.82, 2.24) is 19.7 Å². The molecule has 0 amide bonds. The van der Waals surface area contributed by atoms with E-state index < -0.39 is 0 Å². The van der Waals surface area contributed by atoms with Crippen LogP contribution in [0.5, 0.6) is 0 Å². The third-order valence-electron chi connectivity index (χ3n) is 9.99. The van der Waals surface area contributed by atoms with Crippen LogP contribution in [0.2, 0.25) is 0 Å². The highest BCUT2D eigenvalue weighted by atomic mass is 19.1. The fraction of sp³-hybridized carbons (Fsp3) is 0.256. The quantitative estimate of drug-likeness (QED) is 0.188. The summed E-state index contributed by atoms with van der Waals surface area (Å²) in [5.74, 6) is -0.484. The van der Waals surface area contributed by atoms with Crippen molar-refractivity contribution in [2.45, 2.75) is 31.0 Å². The Kier molecular flexibility index (Phi) is 7.72. The molecule has 1 saturated carbocycles. The molecule has 1 aliphatic carbocycles. The summed E-state index contributed by atoms with van der Waals surface area (Å²) in [7, 11) is 0. The normalized spacial score (nSPS) is 20.5. The molecule has 0 N–H and O–H groups in total. The van der Waals surface area contributed by atoms with Crippen molar-refractivity contribution in [2.75, 3.05) is 37.7 Å². The van der Waals surface area contributed by atoms with E-state index in [4.69, 9.17) is 4.98 Å². The van der Waals surface area contributed by atoms with Gasteiger partial charge in [0.1, 0.15) is 11.6 Å². The number of anilines is 1. The van der Waals surface area contributed by atoms with Gasteiger partial charge in [-0.2, -0.15) is 0 Å². The molecule has 3 heterocycles. The Morgan fingerprint density at radius 3 is 1.98 bits per heavy atom. The predicted octanol–water partition coefficient (Wildman–Crippen LogP) is 7.67. The minimum atomic E-state index is -0.242. The van der Waals surface area contributed by atoms with E-state index in [9.17, 15) is 8.78 Å². The Morgan fingerprint density at radius 2 is 1.30 bits per heavy atom. The Bertz CT molecular complexity index is 1780. The van der Waals surface area contributed by atoms with Crippen molar-refractivity contribution < 1.29 is 8.78 Å². The SMILES string of the molecule is Fc1ccc(C(c2ccc(F)cc2)N2CCN(C3CC(N4C=CN(c5ccc6ccc(-c7ccccc7)nc6c5)C4)C3)CC2)cc1. The van der Waals surface area contributed by atoms with Crippen molar-refractivity contribution in [3.05, 3.63) is 144 Å². The standard InChI is InChI=1S/C39H37F2N5/c40-32-12-6-30(7-13-32)39(31-8-14-33(41)15-9-31)44-20-18-43(19-21-44)35-24-36(25-35)46-23-22-45(27-46)34-16-10-29-11-17-37(42-38(29)26-34)28-4-2-1-3-5-28/h1-17,22-23,26,35-36,39H,18-21,24-25,27H2. The van der Waals surface area contributed by atoms with Crippen molar-refractivity contribution in [3.63, 3.8) is 0 Å². The lowest BCUT2D eigenvalue weighted by molar-refractivity contribution is 0.0140. The minimum Gasteiger partial charge on any atom is -0.355 e. The second kappa shape index (κ2) is 12.3. The van der Waals surface area contributed by atoms with Crippen LogP contribution in [0.4, 0.5) is 14.5 Å². The molecule has 0 atom stereocenters. The molecule has 7 heteroatoms. The molecular weight excluding hydrogens is 576 g/mol. The number of rotatable bonds is 7. The van der Waals surface area contributed by atoms with Gasteiger partial charge >= 0.3 is 0 Å². The van der Waals surface area contributed by atoms with Crippen LogP contribution in [0.25, 0.3) is 22.2 Å². The molecule has 0 bridgehead atoms. The summed E-state index contributed by atoms with van der Waals surface area (Å²) >= 11 is 0. The molecular formula is C39H37F2N5. The average Bonchev–Trinajstić information content (AvgIpc) is 3.56. The second-order valence-electron chi connectivity index (χ2n) is 12.7. The number of aromatic nitrogens is 1. The summed E-state index contributed by atoms with van der Waals surface area (Å²) in [4.78, 5) is 14.9. The number of halogens is 2. The van der Waals surface area contributed by atoms with Gasteiger partial charge < -0.3 is 9.80 Å². The zero-order chi connectivity index (χ0) is 31.0. The van der Waals surface area contributed by atoms with Crippen LogP contribution in [0, 0.1) is 11.6 Å². The van der Waals surface area contributed by atoms with Gasteiger partial charge in [0.15, 0.2) is 0 Å². The number of pyridine rings is 1. The summed E-state index contributed by atoms with van der Waals surface area (Å²) in [6.07, 6.45) is 6.76. The molecule has 1 aromatic heterocycles. The maximum absolute atomic E-state index is 13.7. The number of hydrogen-bond donors (Lipinski definition) is 0. The van der Waals surface area contributed by atoms with Gasteiger partial charge in [0.05, 0.1) is 23.9 Å². The number of nitrogens with zero attached hydrogens (tertiary/aromatic N) is 5. The first-order valence-electron chi connectivity index (χ1n) is 16.2. The van der Waals surface area contributed by atoms with Gasteiger partial charge in [0, 0.05) is 67.3 Å². The molecule has 1 saturated heterocycles. The van der Waals surface area contributed by atoms with E-state index in [1.54, 1.807) is 0 Å². The second-order valence-corrected chi connectivity index (χ2v) is 12.7. The van der Waals surface area contributed by atoms with Crippen LogP contribution in [0.1, 0.15) is 30.0 Å². The summed E-state index contributed by atoms with van der Waals surface area (Å²) in [5.41, 5.74) is 6.36. The molecule has 2 fully saturated rings. The number of benzene rings is 4. The van der Waals surface area contributed by atoms with Crippen LogP contribution in [-0.2, 0) is 0 Å². The third kappa shape index (κ3) is 5.77. The van der Waals surface area contributed by atoms with E-state index in [0.717, 1.165) is 84.7 Å². The number of fused-ring (bicyclic) bond motifs is 1. The summed E-state index contributed by atoms with van der Waals surface area (Å²) in [5, 5.41) is 1.15. The molecule has 5 nitrogen and oxygen atoms in total. The molecule has 232 valence electrons. The van der Waals surface area contributed by atoms with E-state index in [1.165, 1.54) is 24.3 Å². The molecule has 0 radical (unpaired) electrons. The highest BCUT2D eigenvalue weighted by Crippen LogP contribution is 2.36. The molecule has 4 aromatic carbocycles. The van der Waals surface area contributed by atoms with Crippen molar-refractivity contribution >= 4 is 16.6 Å². The molecule has 0 unspecified atom stereocenters. The number of hydrogen-bond acceptors (Lipinski definition) is 5. The lowest BCUT2D eigenvalue weighted by Gasteiger charge is -2.50. The molecule has 5 aromatic rings. The van der Waals surface area contributed by atoms with E-state index in [0.29, 0.717) is 12.1 Å². The van der Waals surface area contributed by atoms with Gasteiger partial charge in [-0.05, 0) is 66.4 Å². The van der Waals surface area contributed by atoms with Gasteiger partial charge in [0.2, 0.25) is 0 Å². The summed E-state index contributed by atoms with van der Waals surface area (Å²) in [6, 6.07) is 35.7. The lowest BCUT2D eigenvalue weighted by atomic mass is 9.84. The van der Waals surface area contributed by atoms with Crippen molar-refractivity contribution in [3.8, 4) is 11.3 Å². The maximum Gasteiger partial charge on any atom is 0.123 e. The minimum absolute atomic E-state index is 0.0200. The number of piperazine rings is 1. The predicted molar refractivity (Wildman–Crippen MR) is 180 cm³/mol. The Labute approximate surface area is 269 Å². The summed E-state index contributed by atoms with van der Waals surface area (Å²) in [6.45, 7) is 4.67. The van der Waals surface area contributed by atoms with E-state index in [1.807, 2.05) is 42.5 Å². The fourth-order valence-corrected chi connectivity index (χ4v) is 7.29. The van der Waals surface area contributed by atoms with Crippen LogP contribution in [-0.4, -0.2) is 64.6 Å². The summed E-state index contributed by atoms with van der Waals surface area (Å²) < 4.78 is 27.5. The van der Waals surface area contributed by atoms with Gasteiger partial charge in [-0.25, -0.2) is 13.8 Å². The van der Waals surface area contributed by atoms with Crippen LogP contribution in [0.3, 0.4) is 0 Å². The van der Waals surface area contributed by atoms with E-state index in [2.05, 4.69) is 74.5 Å². The molecule has 2 aliphatic heterocycles. The first-order chi connectivity index (χ1) is 22.6. The Hall–Kier alpha value is -4.59. The zero-order valence-corrected chi connectivity index (χ0v) is 25.7. The average molecular weight is 614 g/mol. The first-order valence-corrected chi connectivity index (χ1v) is 16.2. The maximum atomic E-state index is 13.7. The molecule has 8 rings (SSSR count). The topological polar surface area (TPSA) is 25.9 Å². The van der Waals surface area contributed by atoms with Crippen LogP contribution >= 0.6 is 0 Å². The van der Waals surface area contributed by atoms with Crippen molar-refractivity contribution in [2.24, 2.45) is 0 Å². The van der Waals surface area contributed by atoms with E-state index >= 15 is 0 Å². The molecule has 46 heavy (non-hydrogen) atoms. The highest BCUT2D eigenvalue weighted by Gasteiger charge is 2.39. The van der Waals surface area contributed by atoms with Gasteiger partial charge in [-0.1, -0.05) is 66.7 Å². The molecule has 0 spiro atoms.